The maximum atomic E-state index is 5.04. The van der Waals surface area contributed by atoms with Crippen molar-refractivity contribution in [2.45, 2.75) is 6.92 Å². The van der Waals surface area contributed by atoms with E-state index in [2.05, 4.69) is 43.5 Å². The standard InChI is InChI=1S/C7H7BrINO/c1-4-5(8)3-10-7(11-2)6(4)9/h3H,1-2H3. The highest BCUT2D eigenvalue weighted by Crippen LogP contribution is 2.26. The minimum Gasteiger partial charge on any atom is -0.480 e. The van der Waals surface area contributed by atoms with E-state index in [1.165, 1.54) is 0 Å². The van der Waals surface area contributed by atoms with Gasteiger partial charge in [-0.3, -0.25) is 0 Å². The van der Waals surface area contributed by atoms with Crippen LogP contribution >= 0.6 is 38.5 Å². The lowest BCUT2D eigenvalue weighted by atomic mass is 10.3. The zero-order chi connectivity index (χ0) is 8.43. The van der Waals surface area contributed by atoms with Gasteiger partial charge in [0.2, 0.25) is 5.88 Å². The van der Waals surface area contributed by atoms with E-state index >= 15 is 0 Å². The molecule has 1 aromatic rings. The minimum atomic E-state index is 0.686. The van der Waals surface area contributed by atoms with Crippen molar-refractivity contribution in [3.63, 3.8) is 0 Å². The molecule has 0 N–H and O–H groups in total. The first-order chi connectivity index (χ1) is 5.16. The fraction of sp³-hybridized carbons (Fsp3) is 0.286. The number of hydrogen-bond donors (Lipinski definition) is 0. The summed E-state index contributed by atoms with van der Waals surface area (Å²) in [5.41, 5.74) is 1.16. The van der Waals surface area contributed by atoms with Gasteiger partial charge in [0, 0.05) is 10.7 Å². The zero-order valence-electron chi connectivity index (χ0n) is 6.19. The van der Waals surface area contributed by atoms with Crippen LogP contribution in [0.5, 0.6) is 5.88 Å². The summed E-state index contributed by atoms with van der Waals surface area (Å²) in [5, 5.41) is 0. The molecule has 0 saturated carbocycles. The maximum Gasteiger partial charge on any atom is 0.227 e. The smallest absolute Gasteiger partial charge is 0.227 e. The zero-order valence-corrected chi connectivity index (χ0v) is 9.93. The van der Waals surface area contributed by atoms with Crippen LogP contribution in [0.2, 0.25) is 0 Å². The minimum absolute atomic E-state index is 0.686. The molecule has 0 aromatic carbocycles. The van der Waals surface area contributed by atoms with E-state index in [-0.39, 0.29) is 0 Å². The molecule has 0 radical (unpaired) electrons. The summed E-state index contributed by atoms with van der Waals surface area (Å²) in [6.45, 7) is 2.02. The Kier molecular flexibility index (Phi) is 3.12. The Bertz CT molecular complexity index is 277. The molecule has 1 rings (SSSR count). The van der Waals surface area contributed by atoms with Gasteiger partial charge in [-0.2, -0.15) is 0 Å². The number of hydrogen-bond acceptors (Lipinski definition) is 2. The Balaban J connectivity index is 3.25. The molecule has 0 unspecified atom stereocenters. The van der Waals surface area contributed by atoms with Gasteiger partial charge in [0.25, 0.3) is 0 Å². The highest BCUT2D eigenvalue weighted by molar-refractivity contribution is 14.1. The molecule has 1 aromatic heterocycles. The first kappa shape index (κ1) is 9.25. The van der Waals surface area contributed by atoms with Gasteiger partial charge in [0.1, 0.15) is 0 Å². The molecule has 0 spiro atoms. The van der Waals surface area contributed by atoms with Crippen molar-refractivity contribution in [1.82, 2.24) is 4.98 Å². The third-order valence-corrected chi connectivity index (χ3v) is 3.43. The lowest BCUT2D eigenvalue weighted by molar-refractivity contribution is 0.394. The summed E-state index contributed by atoms with van der Waals surface area (Å²) < 4.78 is 7.11. The molecule has 0 amide bonds. The Morgan fingerprint density at radius 1 is 1.64 bits per heavy atom. The van der Waals surface area contributed by atoms with Gasteiger partial charge in [0.05, 0.1) is 10.7 Å². The largest absolute Gasteiger partial charge is 0.480 e. The number of ether oxygens (including phenoxy) is 1. The average molecular weight is 328 g/mol. The van der Waals surface area contributed by atoms with Crippen LogP contribution in [0.15, 0.2) is 10.7 Å². The molecular formula is C7H7BrINO. The molecule has 60 valence electrons. The second-order valence-corrected chi connectivity index (χ2v) is 3.99. The summed E-state index contributed by atoms with van der Waals surface area (Å²) in [5.74, 6) is 0.686. The van der Waals surface area contributed by atoms with E-state index in [1.54, 1.807) is 13.3 Å². The molecule has 11 heavy (non-hydrogen) atoms. The molecule has 1 heterocycles. The van der Waals surface area contributed by atoms with Crippen molar-refractivity contribution in [3.05, 3.63) is 19.8 Å². The van der Waals surface area contributed by atoms with Gasteiger partial charge >= 0.3 is 0 Å². The quantitative estimate of drug-likeness (QED) is 0.740. The topological polar surface area (TPSA) is 22.1 Å². The molecule has 0 fully saturated rings. The van der Waals surface area contributed by atoms with E-state index in [0.29, 0.717) is 5.88 Å². The maximum absolute atomic E-state index is 5.04. The second kappa shape index (κ2) is 3.71. The van der Waals surface area contributed by atoms with Crippen LogP contribution in [0.4, 0.5) is 0 Å². The first-order valence-corrected chi connectivity index (χ1v) is 4.88. The Morgan fingerprint density at radius 2 is 2.27 bits per heavy atom. The van der Waals surface area contributed by atoms with Crippen molar-refractivity contribution in [1.29, 1.82) is 0 Å². The van der Waals surface area contributed by atoms with Crippen LogP contribution in [0.25, 0.3) is 0 Å². The monoisotopic (exact) mass is 327 g/mol. The highest BCUT2D eigenvalue weighted by Gasteiger charge is 2.06. The molecule has 0 saturated heterocycles. The van der Waals surface area contributed by atoms with Crippen LogP contribution in [-0.4, -0.2) is 12.1 Å². The number of pyridine rings is 1. The van der Waals surface area contributed by atoms with Crippen molar-refractivity contribution in [3.8, 4) is 5.88 Å². The van der Waals surface area contributed by atoms with E-state index < -0.39 is 0 Å². The predicted octanol–water partition coefficient (Wildman–Crippen LogP) is 2.77. The summed E-state index contributed by atoms with van der Waals surface area (Å²) in [6.07, 6.45) is 1.75. The van der Waals surface area contributed by atoms with E-state index in [4.69, 9.17) is 4.74 Å². The van der Waals surface area contributed by atoms with Gasteiger partial charge in [-0.05, 0) is 51.0 Å². The fourth-order valence-electron chi connectivity index (χ4n) is 0.676. The number of rotatable bonds is 1. The van der Waals surface area contributed by atoms with Gasteiger partial charge in [0.15, 0.2) is 0 Å². The average Bonchev–Trinajstić information content (AvgIpc) is 2.01. The number of nitrogens with zero attached hydrogens (tertiary/aromatic N) is 1. The van der Waals surface area contributed by atoms with Crippen molar-refractivity contribution in [2.75, 3.05) is 7.11 Å². The summed E-state index contributed by atoms with van der Waals surface area (Å²) in [4.78, 5) is 4.08. The van der Waals surface area contributed by atoms with E-state index in [0.717, 1.165) is 13.6 Å². The lowest BCUT2D eigenvalue weighted by Gasteiger charge is -2.05. The molecule has 4 heteroatoms. The predicted molar refractivity (Wildman–Crippen MR) is 55.9 cm³/mol. The second-order valence-electron chi connectivity index (χ2n) is 2.05. The highest BCUT2D eigenvalue weighted by atomic mass is 127. The molecule has 0 aliphatic carbocycles. The van der Waals surface area contributed by atoms with Crippen molar-refractivity contribution in [2.24, 2.45) is 0 Å². The van der Waals surface area contributed by atoms with Gasteiger partial charge < -0.3 is 4.74 Å². The number of halogens is 2. The van der Waals surface area contributed by atoms with Crippen LogP contribution in [0.1, 0.15) is 5.56 Å². The summed E-state index contributed by atoms with van der Waals surface area (Å²) >= 11 is 5.60. The molecule has 2 nitrogen and oxygen atoms in total. The SMILES string of the molecule is COc1ncc(Br)c(C)c1I. The summed E-state index contributed by atoms with van der Waals surface area (Å²) in [7, 11) is 1.62. The summed E-state index contributed by atoms with van der Waals surface area (Å²) in [6, 6.07) is 0. The van der Waals surface area contributed by atoms with Gasteiger partial charge in [-0.15, -0.1) is 0 Å². The molecule has 0 bridgehead atoms. The normalized spacial score (nSPS) is 9.82. The van der Waals surface area contributed by atoms with Crippen LogP contribution in [-0.2, 0) is 0 Å². The Labute approximate surface area is 87.6 Å². The Morgan fingerprint density at radius 3 is 2.82 bits per heavy atom. The third kappa shape index (κ3) is 1.84. The van der Waals surface area contributed by atoms with Crippen molar-refractivity contribution < 1.29 is 4.74 Å². The fourth-order valence-corrected chi connectivity index (χ4v) is 2.00. The molecule has 0 aliphatic rings. The first-order valence-electron chi connectivity index (χ1n) is 3.01. The molecule has 0 atom stereocenters. The van der Waals surface area contributed by atoms with Crippen molar-refractivity contribution >= 4 is 38.5 Å². The van der Waals surface area contributed by atoms with E-state index in [1.807, 2.05) is 6.92 Å². The van der Waals surface area contributed by atoms with Gasteiger partial charge in [-0.25, -0.2) is 4.98 Å². The van der Waals surface area contributed by atoms with Crippen LogP contribution < -0.4 is 4.74 Å². The van der Waals surface area contributed by atoms with Crippen LogP contribution in [0, 0.1) is 10.5 Å². The van der Waals surface area contributed by atoms with E-state index in [9.17, 15) is 0 Å². The molecular weight excluding hydrogens is 321 g/mol. The van der Waals surface area contributed by atoms with Gasteiger partial charge in [-0.1, -0.05) is 0 Å². The molecule has 0 aliphatic heterocycles. The Hall–Kier alpha value is 0.160. The third-order valence-electron chi connectivity index (χ3n) is 1.36. The lowest BCUT2D eigenvalue weighted by Crippen LogP contribution is -1.93. The van der Waals surface area contributed by atoms with Crippen LogP contribution in [0.3, 0.4) is 0 Å². The number of methoxy groups -OCH3 is 1. The number of aromatic nitrogens is 1.